The molecule has 5 rings (SSSR count). The summed E-state index contributed by atoms with van der Waals surface area (Å²) in [5.74, 6) is 0.874. The Morgan fingerprint density at radius 1 is 1.00 bits per heavy atom. The predicted octanol–water partition coefficient (Wildman–Crippen LogP) is 6.16. The van der Waals surface area contributed by atoms with E-state index in [1.807, 2.05) is 43.3 Å². The first kappa shape index (κ1) is 25.2. The van der Waals surface area contributed by atoms with E-state index in [0.717, 1.165) is 33.9 Å². The van der Waals surface area contributed by atoms with Crippen molar-refractivity contribution in [3.63, 3.8) is 0 Å². The molecule has 2 heterocycles. The van der Waals surface area contributed by atoms with Gasteiger partial charge in [-0.15, -0.1) is 0 Å². The van der Waals surface area contributed by atoms with E-state index in [-0.39, 0.29) is 18.3 Å². The summed E-state index contributed by atoms with van der Waals surface area (Å²) in [6, 6.07) is 24.6. The van der Waals surface area contributed by atoms with Crippen LogP contribution in [-0.4, -0.2) is 44.7 Å². The molecule has 5 nitrogen and oxygen atoms in total. The normalized spacial score (nSPS) is 25.1. The summed E-state index contributed by atoms with van der Waals surface area (Å²) in [6.45, 7) is 4.14. The van der Waals surface area contributed by atoms with Crippen LogP contribution in [0.15, 0.2) is 72.8 Å². The smallest absolute Gasteiger partial charge is 0.144 e. The highest BCUT2D eigenvalue weighted by molar-refractivity contribution is 6.31. The molecule has 2 aliphatic heterocycles. The van der Waals surface area contributed by atoms with Gasteiger partial charge < -0.3 is 23.7 Å². The Kier molecular flexibility index (Phi) is 7.94. The van der Waals surface area contributed by atoms with Crippen molar-refractivity contribution in [1.82, 2.24) is 0 Å². The van der Waals surface area contributed by atoms with Crippen molar-refractivity contribution in [2.24, 2.45) is 0 Å². The zero-order valence-corrected chi connectivity index (χ0v) is 21.6. The Balaban J connectivity index is 1.35. The predicted molar refractivity (Wildman–Crippen MR) is 140 cm³/mol. The molecule has 3 unspecified atom stereocenters. The zero-order valence-electron chi connectivity index (χ0n) is 20.8. The van der Waals surface area contributed by atoms with Gasteiger partial charge in [-0.1, -0.05) is 66.2 Å². The van der Waals surface area contributed by atoms with Gasteiger partial charge in [0.2, 0.25) is 0 Å². The summed E-state index contributed by atoms with van der Waals surface area (Å²) in [5.41, 5.74) is 3.97. The molecule has 0 aliphatic carbocycles. The largest absolute Gasteiger partial charge is 0.494 e. The average Bonchev–Trinajstić information content (AvgIpc) is 2.88. The maximum absolute atomic E-state index is 6.68. The maximum atomic E-state index is 6.68. The topological polar surface area (TPSA) is 46.2 Å². The summed E-state index contributed by atoms with van der Waals surface area (Å²) in [4.78, 5) is 0. The van der Waals surface area contributed by atoms with Crippen molar-refractivity contribution in [1.29, 1.82) is 0 Å². The minimum Gasteiger partial charge on any atom is -0.494 e. The molecule has 2 fully saturated rings. The van der Waals surface area contributed by atoms with Gasteiger partial charge in [-0.3, -0.25) is 0 Å². The van der Waals surface area contributed by atoms with Gasteiger partial charge in [0.1, 0.15) is 17.5 Å². The van der Waals surface area contributed by atoms with E-state index in [1.54, 1.807) is 7.11 Å². The fourth-order valence-corrected chi connectivity index (χ4v) is 5.32. The maximum Gasteiger partial charge on any atom is 0.144 e. The van der Waals surface area contributed by atoms with Crippen LogP contribution in [-0.2, 0) is 32.0 Å². The van der Waals surface area contributed by atoms with Crippen LogP contribution in [0.25, 0.3) is 0 Å². The van der Waals surface area contributed by atoms with Crippen LogP contribution in [0.2, 0.25) is 5.02 Å². The van der Waals surface area contributed by atoms with Crippen molar-refractivity contribution >= 4 is 11.6 Å². The summed E-state index contributed by atoms with van der Waals surface area (Å²) in [5, 5.41) is 0.747. The first-order chi connectivity index (χ1) is 17.6. The van der Waals surface area contributed by atoms with Gasteiger partial charge in [-0.2, -0.15) is 0 Å². The van der Waals surface area contributed by atoms with Gasteiger partial charge in [0.25, 0.3) is 0 Å². The number of rotatable bonds is 10. The van der Waals surface area contributed by atoms with E-state index in [9.17, 15) is 0 Å². The zero-order chi connectivity index (χ0) is 25.0. The first-order valence-corrected chi connectivity index (χ1v) is 12.9. The number of benzene rings is 3. The molecule has 0 bridgehead atoms. The lowest BCUT2D eigenvalue weighted by Crippen LogP contribution is -2.70. The van der Waals surface area contributed by atoms with Crippen molar-refractivity contribution in [3.8, 4) is 5.75 Å². The molecule has 2 saturated heterocycles. The molecule has 2 aliphatic rings. The number of methoxy groups -OCH3 is 1. The Morgan fingerprint density at radius 2 is 1.81 bits per heavy atom. The van der Waals surface area contributed by atoms with E-state index >= 15 is 0 Å². The molecule has 4 atom stereocenters. The van der Waals surface area contributed by atoms with Crippen LogP contribution in [0.4, 0.5) is 0 Å². The number of hydrogen-bond acceptors (Lipinski definition) is 5. The molecule has 190 valence electrons. The molecular formula is C30H33ClO5. The van der Waals surface area contributed by atoms with E-state index in [4.69, 9.17) is 35.3 Å². The van der Waals surface area contributed by atoms with E-state index in [2.05, 4.69) is 36.4 Å². The molecule has 0 radical (unpaired) electrons. The summed E-state index contributed by atoms with van der Waals surface area (Å²) >= 11 is 6.62. The molecule has 36 heavy (non-hydrogen) atoms. The SMILES string of the molecule is CCOc1ccc(Cc2cc(C3CC(OCc4ccccc4)[C@@H]4OCC4(COC)O3)ccc2Cl)cc1. The fourth-order valence-electron chi connectivity index (χ4n) is 5.14. The molecule has 0 N–H and O–H groups in total. The number of hydrogen-bond donors (Lipinski definition) is 0. The van der Waals surface area contributed by atoms with Gasteiger partial charge in [-0.05, 0) is 53.8 Å². The van der Waals surface area contributed by atoms with Crippen molar-refractivity contribution in [2.45, 2.75) is 50.3 Å². The van der Waals surface area contributed by atoms with Crippen molar-refractivity contribution in [3.05, 3.63) is 100 Å². The Bertz CT molecular complexity index is 1140. The second kappa shape index (κ2) is 11.3. The molecule has 3 aromatic rings. The minimum atomic E-state index is -0.506. The Morgan fingerprint density at radius 3 is 2.50 bits per heavy atom. The van der Waals surface area contributed by atoms with E-state index in [1.165, 1.54) is 5.56 Å². The van der Waals surface area contributed by atoms with Gasteiger partial charge in [0.15, 0.2) is 0 Å². The third-order valence-electron chi connectivity index (χ3n) is 6.95. The van der Waals surface area contributed by atoms with Gasteiger partial charge in [0.05, 0.1) is 38.6 Å². The van der Waals surface area contributed by atoms with Crippen molar-refractivity contribution < 1.29 is 23.7 Å². The van der Waals surface area contributed by atoms with Crippen molar-refractivity contribution in [2.75, 3.05) is 26.9 Å². The molecule has 3 aromatic carbocycles. The molecular weight excluding hydrogens is 476 g/mol. The number of halogens is 1. The summed E-state index contributed by atoms with van der Waals surface area (Å²) in [7, 11) is 1.70. The minimum absolute atomic E-state index is 0.0990. The third-order valence-corrected chi connectivity index (χ3v) is 7.32. The summed E-state index contributed by atoms with van der Waals surface area (Å²) < 4.78 is 30.2. The highest BCUT2D eigenvalue weighted by Gasteiger charge is 2.58. The van der Waals surface area contributed by atoms with Gasteiger partial charge >= 0.3 is 0 Å². The standard InChI is InChI=1S/C30H33ClO5/c1-3-33-25-12-9-21(10-13-25)15-24-16-23(11-14-26(24)31)27-17-28(34-18-22-7-5-4-6-8-22)29-30(36-27,19-32-2)20-35-29/h4-14,16,27-29H,3,15,17-20H2,1-2H3/t27?,28?,29-,30?/m0/s1. The molecule has 0 saturated carbocycles. The fraction of sp³-hybridized carbons (Fsp3) is 0.400. The molecule has 0 spiro atoms. The van der Waals surface area contributed by atoms with Crippen LogP contribution in [0.5, 0.6) is 5.75 Å². The van der Waals surface area contributed by atoms with Crippen LogP contribution in [0.3, 0.4) is 0 Å². The van der Waals surface area contributed by atoms with Gasteiger partial charge in [-0.25, -0.2) is 0 Å². The van der Waals surface area contributed by atoms with Crippen LogP contribution in [0.1, 0.15) is 41.7 Å². The Labute approximate surface area is 218 Å². The monoisotopic (exact) mass is 508 g/mol. The molecule has 0 aromatic heterocycles. The highest BCUT2D eigenvalue weighted by atomic mass is 35.5. The summed E-state index contributed by atoms with van der Waals surface area (Å²) in [6.07, 6.45) is 1.05. The van der Waals surface area contributed by atoms with Gasteiger partial charge in [0, 0.05) is 18.6 Å². The van der Waals surface area contributed by atoms with Crippen LogP contribution >= 0.6 is 11.6 Å². The first-order valence-electron chi connectivity index (χ1n) is 12.5. The Hall–Kier alpha value is -2.41. The molecule has 0 amide bonds. The number of fused-ring (bicyclic) bond motifs is 1. The lowest BCUT2D eigenvalue weighted by atomic mass is 9.81. The van der Waals surface area contributed by atoms with E-state index in [0.29, 0.717) is 32.8 Å². The van der Waals surface area contributed by atoms with Crippen LogP contribution < -0.4 is 4.74 Å². The highest BCUT2D eigenvalue weighted by Crippen LogP contribution is 2.46. The average molecular weight is 509 g/mol. The lowest BCUT2D eigenvalue weighted by molar-refractivity contribution is -0.348. The number of ether oxygens (including phenoxy) is 5. The molecule has 6 heteroatoms. The lowest BCUT2D eigenvalue weighted by Gasteiger charge is -2.56. The van der Waals surface area contributed by atoms with Crippen LogP contribution in [0, 0.1) is 0 Å². The second-order valence-electron chi connectivity index (χ2n) is 9.51. The third kappa shape index (κ3) is 5.46. The van der Waals surface area contributed by atoms with E-state index < -0.39 is 5.60 Å². The quantitative estimate of drug-likeness (QED) is 0.328. The second-order valence-corrected chi connectivity index (χ2v) is 9.92.